The van der Waals surface area contributed by atoms with Gasteiger partial charge in [-0.1, -0.05) is 95.8 Å². The van der Waals surface area contributed by atoms with Crippen molar-refractivity contribution >= 4 is 5.57 Å². The number of allylic oxidation sites excluding steroid dienone is 1. The first-order valence-corrected chi connectivity index (χ1v) is 17.3. The summed E-state index contributed by atoms with van der Waals surface area (Å²) in [6.07, 6.45) is 6.26. The molecule has 0 unspecified atom stereocenters. The van der Waals surface area contributed by atoms with E-state index in [4.69, 9.17) is 5.10 Å². The van der Waals surface area contributed by atoms with Crippen LogP contribution in [0.3, 0.4) is 0 Å². The molecule has 0 N–H and O–H groups in total. The fourth-order valence-corrected chi connectivity index (χ4v) is 9.21. The highest BCUT2D eigenvalue weighted by Crippen LogP contribution is 2.56. The Bertz CT molecular complexity index is 2350. The van der Waals surface area contributed by atoms with Crippen molar-refractivity contribution in [2.75, 3.05) is 0 Å². The first-order chi connectivity index (χ1) is 23.1. The van der Waals surface area contributed by atoms with Gasteiger partial charge in [-0.25, -0.2) is 4.68 Å². The van der Waals surface area contributed by atoms with Crippen molar-refractivity contribution in [3.05, 3.63) is 138 Å². The lowest BCUT2D eigenvalue weighted by Crippen LogP contribution is -2.59. The Hall–Kier alpha value is -5.09. The Labute approximate surface area is 283 Å². The lowest BCUT2D eigenvalue weighted by atomic mass is 9.75. The summed E-state index contributed by atoms with van der Waals surface area (Å²) in [5.74, 6) is 0. The van der Waals surface area contributed by atoms with Gasteiger partial charge < -0.3 is 0 Å². The molecule has 0 atom stereocenters. The minimum Gasteiger partial charge on any atom is -0.220 e. The Morgan fingerprint density at radius 1 is 0.646 bits per heavy atom. The van der Waals surface area contributed by atoms with E-state index in [1.165, 1.54) is 66.9 Å². The maximum Gasteiger partial charge on any atom is 0.213 e. The average molecular weight is 626 g/mol. The quantitative estimate of drug-likeness (QED) is 0.183. The van der Waals surface area contributed by atoms with Gasteiger partial charge in [0.05, 0.1) is 17.4 Å². The summed E-state index contributed by atoms with van der Waals surface area (Å²) in [6, 6.07) is 33.8. The first kappa shape index (κ1) is 29.1. The van der Waals surface area contributed by atoms with E-state index < -0.39 is 0 Å². The van der Waals surface area contributed by atoms with Gasteiger partial charge in [0.1, 0.15) is 5.69 Å². The summed E-state index contributed by atoms with van der Waals surface area (Å²) in [5.41, 5.74) is 18.5. The Balaban J connectivity index is 1.09. The Morgan fingerprint density at radius 3 is 2.04 bits per heavy atom. The number of aromatic nitrogens is 4. The Morgan fingerprint density at radius 2 is 1.29 bits per heavy atom. The van der Waals surface area contributed by atoms with Crippen molar-refractivity contribution < 1.29 is 4.57 Å². The second-order valence-corrected chi connectivity index (χ2v) is 15.0. The maximum absolute atomic E-state index is 4.69. The minimum atomic E-state index is -0.133. The van der Waals surface area contributed by atoms with E-state index in [9.17, 15) is 0 Å². The van der Waals surface area contributed by atoms with Gasteiger partial charge in [0.15, 0.2) is 11.7 Å². The molecule has 2 aliphatic carbocycles. The molecule has 1 aliphatic heterocycles. The van der Waals surface area contributed by atoms with E-state index in [1.54, 1.807) is 0 Å². The largest absolute Gasteiger partial charge is 0.220 e. The molecule has 0 saturated heterocycles. The van der Waals surface area contributed by atoms with Crippen LogP contribution in [0.1, 0.15) is 82.2 Å². The van der Waals surface area contributed by atoms with Crippen LogP contribution in [0.25, 0.3) is 56.0 Å². The number of nitrogens with zero attached hydrogens (tertiary/aromatic N) is 4. The van der Waals surface area contributed by atoms with E-state index in [0.29, 0.717) is 0 Å². The smallest absolute Gasteiger partial charge is 0.213 e. The number of rotatable bonds is 4. The number of hydrogen-bond donors (Lipinski definition) is 0. The van der Waals surface area contributed by atoms with Gasteiger partial charge in [0, 0.05) is 46.9 Å². The van der Waals surface area contributed by atoms with Crippen molar-refractivity contribution in [3.8, 4) is 50.5 Å². The second-order valence-electron chi connectivity index (χ2n) is 15.0. The zero-order valence-corrected chi connectivity index (χ0v) is 28.7. The maximum atomic E-state index is 4.69. The third kappa shape index (κ3) is 3.63. The predicted molar refractivity (Wildman–Crippen MR) is 195 cm³/mol. The van der Waals surface area contributed by atoms with Crippen molar-refractivity contribution in [1.82, 2.24) is 15.0 Å². The third-order valence-corrected chi connectivity index (χ3v) is 12.1. The lowest BCUT2D eigenvalue weighted by Gasteiger charge is -2.34. The highest BCUT2D eigenvalue weighted by Gasteiger charge is 2.46. The molecule has 0 fully saturated rings. The summed E-state index contributed by atoms with van der Waals surface area (Å²) >= 11 is 0. The summed E-state index contributed by atoms with van der Waals surface area (Å²) in [7, 11) is 0. The molecule has 0 radical (unpaired) electrons. The molecular weight excluding hydrogens is 585 g/mol. The minimum absolute atomic E-state index is 0.0217. The van der Waals surface area contributed by atoms with Gasteiger partial charge in [0.25, 0.3) is 0 Å². The summed E-state index contributed by atoms with van der Waals surface area (Å²) in [4.78, 5) is 0. The standard InChI is InChI=1S/C44H41N4/c1-8-44(9-2)27(3)30-20-18-29(23-35(30)41-16-12-13-21-47(41)44)48-26-40(45-46-48)28-17-19-32-34-25-38-33(24-39(34)43(6,7)37(32)22-28)31-14-10-11-15-36(31)42(38,4)5/h10-26H,3,8-9H2,1-2,4-7H3/q+1. The molecule has 4 nitrogen and oxygen atoms in total. The normalized spacial score (nSPS) is 16.8. The highest BCUT2D eigenvalue weighted by atomic mass is 15.4. The molecule has 9 rings (SSSR count). The fraction of sp³-hybridized carbons (Fsp3) is 0.250. The predicted octanol–water partition coefficient (Wildman–Crippen LogP) is 10.0. The number of hydrogen-bond acceptors (Lipinski definition) is 2. The molecule has 6 aromatic rings. The molecule has 3 heterocycles. The van der Waals surface area contributed by atoms with Crippen LogP contribution in [0.4, 0.5) is 0 Å². The van der Waals surface area contributed by atoms with Crippen LogP contribution in [0, 0.1) is 0 Å². The SMILES string of the molecule is C=C1c2ccc(-n3cc(-c4ccc5c(c4)C(C)(C)c4cc6c(cc4-5)C(C)(C)c4ccccc4-6)nn3)cc2-c2cccc[n+]2C1(CC)CC. The van der Waals surface area contributed by atoms with Crippen LogP contribution in [-0.2, 0) is 16.4 Å². The van der Waals surface area contributed by atoms with Crippen molar-refractivity contribution in [2.45, 2.75) is 70.8 Å². The molecule has 4 heteroatoms. The van der Waals surface area contributed by atoms with Crippen LogP contribution >= 0.6 is 0 Å². The monoisotopic (exact) mass is 625 g/mol. The van der Waals surface area contributed by atoms with Gasteiger partial charge in [-0.3, -0.25) is 0 Å². The molecular formula is C44H41N4+. The van der Waals surface area contributed by atoms with E-state index in [-0.39, 0.29) is 16.4 Å². The van der Waals surface area contributed by atoms with Crippen LogP contribution in [0.2, 0.25) is 0 Å². The number of pyridine rings is 1. The molecule has 4 aromatic carbocycles. The van der Waals surface area contributed by atoms with Crippen LogP contribution in [-0.4, -0.2) is 15.0 Å². The Kier molecular flexibility index (Phi) is 5.89. The van der Waals surface area contributed by atoms with Crippen LogP contribution < -0.4 is 4.57 Å². The molecule has 2 aromatic heterocycles. The molecule has 0 amide bonds. The van der Waals surface area contributed by atoms with E-state index in [2.05, 4.69) is 161 Å². The van der Waals surface area contributed by atoms with Gasteiger partial charge in [-0.05, 0) is 86.5 Å². The van der Waals surface area contributed by atoms with Crippen molar-refractivity contribution in [1.29, 1.82) is 0 Å². The molecule has 48 heavy (non-hydrogen) atoms. The van der Waals surface area contributed by atoms with Crippen LogP contribution in [0.15, 0.2) is 110 Å². The zero-order chi connectivity index (χ0) is 33.2. The zero-order valence-electron chi connectivity index (χ0n) is 28.7. The molecule has 236 valence electrons. The number of fused-ring (bicyclic) bond motifs is 9. The molecule has 0 saturated carbocycles. The van der Waals surface area contributed by atoms with Gasteiger partial charge in [0.2, 0.25) is 5.69 Å². The van der Waals surface area contributed by atoms with Crippen LogP contribution in [0.5, 0.6) is 0 Å². The molecule has 3 aliphatic rings. The first-order valence-electron chi connectivity index (χ1n) is 17.3. The van der Waals surface area contributed by atoms with Crippen molar-refractivity contribution in [2.24, 2.45) is 0 Å². The summed E-state index contributed by atoms with van der Waals surface area (Å²) < 4.78 is 4.33. The molecule has 0 spiro atoms. The summed E-state index contributed by atoms with van der Waals surface area (Å²) in [6.45, 7) is 18.6. The van der Waals surface area contributed by atoms with E-state index >= 15 is 0 Å². The second kappa shape index (κ2) is 9.73. The lowest BCUT2D eigenvalue weighted by molar-refractivity contribution is -0.741. The van der Waals surface area contributed by atoms with E-state index in [1.807, 2.05) is 4.68 Å². The average Bonchev–Trinajstić information content (AvgIpc) is 3.75. The third-order valence-electron chi connectivity index (χ3n) is 12.1. The fourth-order valence-electron chi connectivity index (χ4n) is 9.21. The molecule has 0 bridgehead atoms. The summed E-state index contributed by atoms with van der Waals surface area (Å²) in [5, 5.41) is 9.32. The van der Waals surface area contributed by atoms with Crippen molar-refractivity contribution in [3.63, 3.8) is 0 Å². The van der Waals surface area contributed by atoms with Gasteiger partial charge in [-0.15, -0.1) is 5.10 Å². The number of benzene rings is 4. The van der Waals surface area contributed by atoms with E-state index in [0.717, 1.165) is 29.8 Å². The van der Waals surface area contributed by atoms with Gasteiger partial charge >= 0.3 is 0 Å². The highest BCUT2D eigenvalue weighted by molar-refractivity contribution is 5.90. The van der Waals surface area contributed by atoms with Gasteiger partial charge in [-0.2, -0.15) is 4.57 Å². The topological polar surface area (TPSA) is 34.6 Å².